The van der Waals surface area contributed by atoms with Gasteiger partial charge in [0, 0.05) is 32.2 Å². The minimum atomic E-state index is -4.13. The van der Waals surface area contributed by atoms with Gasteiger partial charge in [-0.05, 0) is 37.5 Å². The normalized spacial score (nSPS) is 14.9. The van der Waals surface area contributed by atoms with Crippen LogP contribution < -0.4 is 21.9 Å². The van der Waals surface area contributed by atoms with Crippen molar-refractivity contribution >= 4 is 27.4 Å². The van der Waals surface area contributed by atoms with Crippen molar-refractivity contribution in [3.63, 3.8) is 0 Å². The molecular weight excluding hydrogens is 453 g/mol. The summed E-state index contributed by atoms with van der Waals surface area (Å²) >= 11 is 0. The Morgan fingerprint density at radius 3 is 2.52 bits per heavy atom. The lowest BCUT2D eigenvalue weighted by molar-refractivity contribution is 0.0992. The van der Waals surface area contributed by atoms with E-state index in [1.165, 1.54) is 15.9 Å². The summed E-state index contributed by atoms with van der Waals surface area (Å²) in [6.45, 7) is 2.74. The number of nitrogen functional groups attached to an aromatic ring is 1. The van der Waals surface area contributed by atoms with Gasteiger partial charge in [0.1, 0.15) is 16.5 Å². The number of amides is 1. The zero-order valence-electron chi connectivity index (χ0n) is 18.6. The number of sulfonamides is 1. The minimum Gasteiger partial charge on any atom is -0.383 e. The van der Waals surface area contributed by atoms with Crippen LogP contribution in [0.1, 0.15) is 49.4 Å². The smallest absolute Gasteiger partial charge is 0.330 e. The van der Waals surface area contributed by atoms with Gasteiger partial charge in [-0.2, -0.15) is 4.31 Å². The van der Waals surface area contributed by atoms with E-state index in [0.717, 1.165) is 35.9 Å². The van der Waals surface area contributed by atoms with Crippen molar-refractivity contribution < 1.29 is 17.6 Å². The van der Waals surface area contributed by atoms with Crippen molar-refractivity contribution in [2.75, 3.05) is 30.8 Å². The van der Waals surface area contributed by atoms with E-state index in [1.807, 2.05) is 6.92 Å². The first-order chi connectivity index (χ1) is 15.6. The number of piperidine rings is 1. The molecule has 0 spiro atoms. The lowest BCUT2D eigenvalue weighted by Crippen LogP contribution is -2.39. The number of nitrogens with one attached hydrogen (secondary N) is 1. The van der Waals surface area contributed by atoms with E-state index < -0.39 is 37.9 Å². The summed E-state index contributed by atoms with van der Waals surface area (Å²) in [6.07, 6.45) is 3.66. The highest BCUT2D eigenvalue weighted by Gasteiger charge is 2.30. The molecule has 0 radical (unpaired) electrons. The van der Waals surface area contributed by atoms with Crippen molar-refractivity contribution in [1.82, 2.24) is 13.9 Å². The zero-order chi connectivity index (χ0) is 24.3. The Bertz CT molecular complexity index is 1260. The van der Waals surface area contributed by atoms with E-state index in [0.29, 0.717) is 19.3 Å². The molecule has 0 aliphatic carbocycles. The maximum atomic E-state index is 14.5. The molecule has 1 aliphatic rings. The van der Waals surface area contributed by atoms with Crippen molar-refractivity contribution in [3.05, 3.63) is 50.4 Å². The average Bonchev–Trinajstić information content (AvgIpc) is 2.79. The number of aromatic nitrogens is 2. The monoisotopic (exact) mass is 481 g/mol. The summed E-state index contributed by atoms with van der Waals surface area (Å²) in [5.74, 6) is -1.93. The van der Waals surface area contributed by atoms with Crippen LogP contribution in [-0.2, 0) is 16.6 Å². The Morgan fingerprint density at radius 1 is 1.21 bits per heavy atom. The molecule has 3 N–H and O–H groups in total. The van der Waals surface area contributed by atoms with E-state index in [2.05, 4.69) is 4.98 Å². The summed E-state index contributed by atoms with van der Waals surface area (Å²) < 4.78 is 42.8. The number of carbonyl (C=O) groups is 1. The highest BCUT2D eigenvalue weighted by atomic mass is 32.2. The number of aromatic amines is 1. The van der Waals surface area contributed by atoms with Gasteiger partial charge in [0.15, 0.2) is 5.69 Å². The van der Waals surface area contributed by atoms with Crippen LogP contribution in [-0.4, -0.2) is 48.3 Å². The summed E-state index contributed by atoms with van der Waals surface area (Å²) in [5, 5.41) is 0. The first-order valence-electron chi connectivity index (χ1n) is 10.8. The molecule has 2 heterocycles. The second-order valence-corrected chi connectivity index (χ2v) is 9.88. The van der Waals surface area contributed by atoms with Crippen molar-refractivity contribution in [2.24, 2.45) is 0 Å². The predicted molar refractivity (Wildman–Crippen MR) is 122 cm³/mol. The molecule has 1 aliphatic heterocycles. The Kier molecular flexibility index (Phi) is 7.38. The molecule has 1 amide bonds. The Balaban J connectivity index is 2.01. The molecule has 1 fully saturated rings. The molecule has 0 unspecified atom stereocenters. The quantitative estimate of drug-likeness (QED) is 0.615. The van der Waals surface area contributed by atoms with E-state index in [9.17, 15) is 27.2 Å². The minimum absolute atomic E-state index is 0.139. The number of anilines is 2. The fraction of sp³-hybridized carbons (Fsp3) is 0.476. The number of carbonyl (C=O) groups excluding carboxylic acids is 1. The SMILES string of the molecule is CCCCn1c(N)c(N(C)C(=O)c2ccc(F)c(S(=O)(=O)N3CCCCC3)c2)c(=O)[nH]c1=O. The van der Waals surface area contributed by atoms with Crippen LogP contribution in [0.2, 0.25) is 0 Å². The largest absolute Gasteiger partial charge is 0.383 e. The Labute approximate surface area is 190 Å². The summed E-state index contributed by atoms with van der Waals surface area (Å²) in [6, 6.07) is 3.02. The number of nitrogens with zero attached hydrogens (tertiary/aromatic N) is 3. The second kappa shape index (κ2) is 9.87. The number of H-pyrrole nitrogens is 1. The third-order valence-electron chi connectivity index (χ3n) is 5.70. The lowest BCUT2D eigenvalue weighted by atomic mass is 10.2. The number of nitrogens with two attached hydrogens (primary N) is 1. The molecular formula is C21H28FN5O5S. The molecule has 2 aromatic rings. The van der Waals surface area contributed by atoms with Gasteiger partial charge < -0.3 is 10.6 Å². The first-order valence-corrected chi connectivity index (χ1v) is 12.2. The van der Waals surface area contributed by atoms with E-state index in [-0.39, 0.29) is 36.7 Å². The van der Waals surface area contributed by atoms with E-state index in [4.69, 9.17) is 5.73 Å². The molecule has 180 valence electrons. The van der Waals surface area contributed by atoms with Gasteiger partial charge in [-0.25, -0.2) is 17.6 Å². The van der Waals surface area contributed by atoms with Gasteiger partial charge in [0.2, 0.25) is 10.0 Å². The molecule has 0 atom stereocenters. The molecule has 33 heavy (non-hydrogen) atoms. The van der Waals surface area contributed by atoms with Gasteiger partial charge >= 0.3 is 5.69 Å². The van der Waals surface area contributed by atoms with Crippen molar-refractivity contribution in [2.45, 2.75) is 50.5 Å². The summed E-state index contributed by atoms with van der Waals surface area (Å²) in [5.41, 5.74) is 4.12. The number of halogens is 1. The van der Waals surface area contributed by atoms with Crippen LogP contribution in [0.4, 0.5) is 15.9 Å². The maximum Gasteiger partial charge on any atom is 0.330 e. The van der Waals surface area contributed by atoms with Gasteiger partial charge in [-0.1, -0.05) is 19.8 Å². The Hall–Kier alpha value is -2.99. The summed E-state index contributed by atoms with van der Waals surface area (Å²) in [7, 11) is -2.85. The van der Waals surface area contributed by atoms with Crippen LogP contribution in [0.5, 0.6) is 0 Å². The van der Waals surface area contributed by atoms with Crippen LogP contribution >= 0.6 is 0 Å². The molecule has 1 aromatic heterocycles. The molecule has 1 aromatic carbocycles. The van der Waals surface area contributed by atoms with Gasteiger partial charge in [-0.15, -0.1) is 0 Å². The topological polar surface area (TPSA) is 139 Å². The van der Waals surface area contributed by atoms with Crippen molar-refractivity contribution in [1.29, 1.82) is 0 Å². The number of hydrogen-bond acceptors (Lipinski definition) is 6. The van der Waals surface area contributed by atoms with Crippen LogP contribution in [0.25, 0.3) is 0 Å². The number of benzene rings is 1. The molecule has 10 nitrogen and oxygen atoms in total. The third-order valence-corrected chi connectivity index (χ3v) is 7.61. The number of unbranched alkanes of at least 4 members (excludes halogenated alkanes) is 1. The second-order valence-electron chi connectivity index (χ2n) is 7.97. The lowest BCUT2D eigenvalue weighted by Gasteiger charge is -2.26. The molecule has 0 bridgehead atoms. The standard InChI is InChI=1S/C21H28FN5O5S/c1-3-4-12-27-18(23)17(19(28)24-21(27)30)25(2)20(29)14-8-9-15(22)16(13-14)33(31,32)26-10-6-5-7-11-26/h8-9,13H,3-7,10-12,23H2,1-2H3,(H,24,28,30). The Morgan fingerprint density at radius 2 is 1.88 bits per heavy atom. The first kappa shape index (κ1) is 24.6. The predicted octanol–water partition coefficient (Wildman–Crippen LogP) is 1.51. The number of hydrogen-bond donors (Lipinski definition) is 2. The van der Waals surface area contributed by atoms with Gasteiger partial charge in [-0.3, -0.25) is 19.1 Å². The van der Waals surface area contributed by atoms with Crippen LogP contribution in [0.3, 0.4) is 0 Å². The maximum absolute atomic E-state index is 14.5. The van der Waals surface area contributed by atoms with E-state index in [1.54, 1.807) is 0 Å². The molecule has 12 heteroatoms. The molecule has 3 rings (SSSR count). The fourth-order valence-electron chi connectivity index (χ4n) is 3.81. The molecule has 1 saturated heterocycles. The third kappa shape index (κ3) is 4.86. The molecule has 0 saturated carbocycles. The van der Waals surface area contributed by atoms with Crippen molar-refractivity contribution in [3.8, 4) is 0 Å². The van der Waals surface area contributed by atoms with Crippen LogP contribution in [0, 0.1) is 5.82 Å². The highest BCUT2D eigenvalue weighted by Crippen LogP contribution is 2.25. The average molecular weight is 482 g/mol. The van der Waals surface area contributed by atoms with Crippen LogP contribution in [0.15, 0.2) is 32.7 Å². The van der Waals surface area contributed by atoms with Gasteiger partial charge in [0.05, 0.1) is 0 Å². The van der Waals surface area contributed by atoms with E-state index >= 15 is 0 Å². The summed E-state index contributed by atoms with van der Waals surface area (Å²) in [4.78, 5) is 40.2. The zero-order valence-corrected chi connectivity index (χ0v) is 19.5. The highest BCUT2D eigenvalue weighted by molar-refractivity contribution is 7.89. The fourth-order valence-corrected chi connectivity index (χ4v) is 5.42. The number of rotatable bonds is 7. The van der Waals surface area contributed by atoms with Gasteiger partial charge in [0.25, 0.3) is 11.5 Å².